The topological polar surface area (TPSA) is 109 Å². The number of benzene rings is 3. The van der Waals surface area contributed by atoms with E-state index in [2.05, 4.69) is 5.32 Å². The van der Waals surface area contributed by atoms with Crippen molar-refractivity contribution in [1.82, 2.24) is 5.32 Å². The summed E-state index contributed by atoms with van der Waals surface area (Å²) in [6.07, 6.45) is 0.419. The lowest BCUT2D eigenvalue weighted by molar-refractivity contribution is -0.308. The third-order valence-electron chi connectivity index (χ3n) is 6.04. The Morgan fingerprint density at radius 2 is 1.73 bits per heavy atom. The van der Waals surface area contributed by atoms with E-state index < -0.39 is 30.2 Å². The van der Waals surface area contributed by atoms with Gasteiger partial charge in [-0.05, 0) is 66.8 Å². The highest BCUT2D eigenvalue weighted by molar-refractivity contribution is 6.30. The van der Waals surface area contributed by atoms with Gasteiger partial charge < -0.3 is 24.4 Å². The molecule has 0 fully saturated rings. The third kappa shape index (κ3) is 6.37. The van der Waals surface area contributed by atoms with E-state index in [4.69, 9.17) is 20.8 Å². The van der Waals surface area contributed by atoms with E-state index in [1.807, 2.05) is 44.2 Å². The van der Waals surface area contributed by atoms with Gasteiger partial charge >= 0.3 is 5.63 Å². The molecule has 0 aliphatic carbocycles. The van der Waals surface area contributed by atoms with Crippen molar-refractivity contribution in [2.45, 2.75) is 32.7 Å². The molecule has 4 aromatic rings. The second-order valence-corrected chi connectivity index (χ2v) is 9.29. The number of aliphatic carboxylic acids is 1. The molecule has 0 bridgehead atoms. The van der Waals surface area contributed by atoms with Gasteiger partial charge in [0.05, 0.1) is 17.4 Å². The van der Waals surface area contributed by atoms with Crippen molar-refractivity contribution < 1.29 is 23.8 Å². The highest BCUT2D eigenvalue weighted by Gasteiger charge is 2.19. The molecule has 0 spiro atoms. The lowest BCUT2D eigenvalue weighted by atomic mass is 9.98. The number of hydrogen-bond donors (Lipinski definition) is 1. The normalized spacial score (nSPS) is 11.8. The van der Waals surface area contributed by atoms with Gasteiger partial charge in [-0.3, -0.25) is 4.79 Å². The summed E-state index contributed by atoms with van der Waals surface area (Å²) in [5.41, 5.74) is 3.53. The number of ether oxygens (including phenoxy) is 1. The van der Waals surface area contributed by atoms with Crippen molar-refractivity contribution in [3.05, 3.63) is 110 Å². The Kier molecular flexibility index (Phi) is 7.94. The summed E-state index contributed by atoms with van der Waals surface area (Å²) >= 11 is 5.88. The molecule has 0 unspecified atom stereocenters. The first-order valence-corrected chi connectivity index (χ1v) is 12.1. The highest BCUT2D eigenvalue weighted by Crippen LogP contribution is 2.31. The number of aryl methyl sites for hydroxylation is 2. The van der Waals surface area contributed by atoms with Crippen LogP contribution in [0.2, 0.25) is 5.02 Å². The Labute approximate surface area is 218 Å². The summed E-state index contributed by atoms with van der Waals surface area (Å²) in [6.45, 7) is 3.20. The van der Waals surface area contributed by atoms with Gasteiger partial charge in [-0.25, -0.2) is 4.79 Å². The average Bonchev–Trinajstić information content (AvgIpc) is 2.86. The Bertz CT molecular complexity index is 1500. The Balaban J connectivity index is 1.55. The first kappa shape index (κ1) is 26.0. The number of carbonyl (C=O) groups excluding carboxylic acids is 2. The monoisotopic (exact) mass is 518 g/mol. The number of halogens is 1. The molecule has 0 aliphatic heterocycles. The minimum Gasteiger partial charge on any atom is -0.548 e. The number of amides is 1. The van der Waals surface area contributed by atoms with Gasteiger partial charge in [0.15, 0.2) is 6.61 Å². The molecule has 1 heterocycles. The fraction of sp³-hybridized carbons (Fsp3) is 0.207. The maximum absolute atomic E-state index is 12.8. The van der Waals surface area contributed by atoms with Crippen LogP contribution in [0.4, 0.5) is 0 Å². The number of hydrogen-bond acceptors (Lipinski definition) is 6. The van der Waals surface area contributed by atoms with E-state index in [1.54, 1.807) is 36.4 Å². The first-order chi connectivity index (χ1) is 17.7. The lowest BCUT2D eigenvalue weighted by Crippen LogP contribution is -2.50. The summed E-state index contributed by atoms with van der Waals surface area (Å²) in [4.78, 5) is 37.0. The smallest absolute Gasteiger partial charge is 0.340 e. The molecule has 0 saturated heterocycles. The molecule has 1 aromatic heterocycles. The minimum absolute atomic E-state index is 0.0335. The predicted octanol–water partition coefficient (Wildman–Crippen LogP) is 3.51. The van der Waals surface area contributed by atoms with Crippen LogP contribution in [0.3, 0.4) is 0 Å². The van der Waals surface area contributed by atoms with Crippen LogP contribution in [-0.2, 0) is 22.4 Å². The van der Waals surface area contributed by atoms with Gasteiger partial charge in [0.2, 0.25) is 0 Å². The molecule has 0 saturated carbocycles. The van der Waals surface area contributed by atoms with Crippen LogP contribution in [0, 0.1) is 13.8 Å². The van der Waals surface area contributed by atoms with E-state index in [9.17, 15) is 19.5 Å². The van der Waals surface area contributed by atoms with Crippen LogP contribution >= 0.6 is 11.6 Å². The highest BCUT2D eigenvalue weighted by atomic mass is 35.5. The third-order valence-corrected chi connectivity index (χ3v) is 6.29. The fourth-order valence-corrected chi connectivity index (χ4v) is 4.31. The minimum atomic E-state index is -1.41. The van der Waals surface area contributed by atoms with Gasteiger partial charge in [0, 0.05) is 17.0 Å². The maximum atomic E-state index is 12.8. The van der Waals surface area contributed by atoms with Gasteiger partial charge in [-0.2, -0.15) is 0 Å². The van der Waals surface area contributed by atoms with Crippen molar-refractivity contribution in [2.75, 3.05) is 6.61 Å². The molecule has 8 heteroatoms. The zero-order valence-corrected chi connectivity index (χ0v) is 21.1. The second-order valence-electron chi connectivity index (χ2n) is 8.85. The lowest BCUT2D eigenvalue weighted by Gasteiger charge is -2.20. The van der Waals surface area contributed by atoms with Crippen molar-refractivity contribution in [3.8, 4) is 5.75 Å². The van der Waals surface area contributed by atoms with Crippen molar-refractivity contribution in [2.24, 2.45) is 0 Å². The predicted molar refractivity (Wildman–Crippen MR) is 139 cm³/mol. The number of nitrogens with one attached hydrogen (secondary N) is 1. The van der Waals surface area contributed by atoms with E-state index >= 15 is 0 Å². The van der Waals surface area contributed by atoms with Crippen molar-refractivity contribution in [1.29, 1.82) is 0 Å². The number of carboxylic acid groups (broad SMARTS) is 1. The maximum Gasteiger partial charge on any atom is 0.340 e. The SMILES string of the molecule is Cc1cc(OCC(=O)N[C@H](Cc2ccc(Cl)cc2)C(=O)[O-])c2c(C)c(Cc3ccccc3)c(=O)oc2c1. The van der Waals surface area contributed by atoms with E-state index in [0.717, 1.165) is 11.1 Å². The average molecular weight is 519 g/mol. The van der Waals surface area contributed by atoms with Crippen molar-refractivity contribution in [3.63, 3.8) is 0 Å². The first-order valence-electron chi connectivity index (χ1n) is 11.7. The molecule has 37 heavy (non-hydrogen) atoms. The summed E-state index contributed by atoms with van der Waals surface area (Å²) in [5, 5.41) is 15.2. The van der Waals surface area contributed by atoms with E-state index in [-0.39, 0.29) is 6.42 Å². The van der Waals surface area contributed by atoms with E-state index in [1.165, 1.54) is 0 Å². The number of carbonyl (C=O) groups is 2. The summed E-state index contributed by atoms with van der Waals surface area (Å²) in [5.74, 6) is -1.67. The molecule has 0 radical (unpaired) electrons. The Morgan fingerprint density at radius 1 is 1.03 bits per heavy atom. The second kappa shape index (κ2) is 11.3. The summed E-state index contributed by atoms with van der Waals surface area (Å²) in [7, 11) is 0. The van der Waals surface area contributed by atoms with Gasteiger partial charge in [-0.1, -0.05) is 54.1 Å². The van der Waals surface area contributed by atoms with Gasteiger partial charge in [-0.15, -0.1) is 0 Å². The van der Waals surface area contributed by atoms with Crippen LogP contribution < -0.4 is 20.8 Å². The van der Waals surface area contributed by atoms with E-state index in [0.29, 0.717) is 44.9 Å². The standard InChI is InChI=1S/C29H26ClNO6/c1-17-12-24(36-16-26(32)31-23(28(33)34)15-20-8-10-21(30)11-9-20)27-18(2)22(29(35)37-25(27)13-17)14-19-6-4-3-5-7-19/h3-13,23H,14-16H2,1-2H3,(H,31,32)(H,33,34)/p-1/t23-/m1/s1. The molecular weight excluding hydrogens is 494 g/mol. The molecule has 1 N–H and O–H groups in total. The summed E-state index contributed by atoms with van der Waals surface area (Å²) in [6, 6.07) is 18.5. The molecule has 0 aliphatic rings. The Morgan fingerprint density at radius 3 is 2.41 bits per heavy atom. The molecule has 3 aromatic carbocycles. The van der Waals surface area contributed by atoms with Crippen LogP contribution in [0.5, 0.6) is 5.75 Å². The molecule has 4 rings (SSSR count). The van der Waals surface area contributed by atoms with Gasteiger partial charge in [0.1, 0.15) is 11.3 Å². The molecule has 190 valence electrons. The van der Waals surface area contributed by atoms with Crippen LogP contribution in [0.15, 0.2) is 75.9 Å². The van der Waals surface area contributed by atoms with Crippen LogP contribution in [-0.4, -0.2) is 24.5 Å². The number of fused-ring (bicyclic) bond motifs is 1. The molecular formula is C29H25ClNO6-. The molecule has 1 amide bonds. The van der Waals surface area contributed by atoms with Crippen LogP contribution in [0.25, 0.3) is 11.0 Å². The van der Waals surface area contributed by atoms with Crippen LogP contribution in [0.1, 0.15) is 27.8 Å². The number of rotatable bonds is 9. The Hall–Kier alpha value is -4.10. The number of carboxylic acids is 1. The zero-order valence-electron chi connectivity index (χ0n) is 20.4. The quantitative estimate of drug-likeness (QED) is 0.340. The van der Waals surface area contributed by atoms with Crippen molar-refractivity contribution >= 4 is 34.4 Å². The van der Waals surface area contributed by atoms with Gasteiger partial charge in [0.25, 0.3) is 5.91 Å². The molecule has 1 atom stereocenters. The summed E-state index contributed by atoms with van der Waals surface area (Å²) < 4.78 is 11.4. The zero-order chi connectivity index (χ0) is 26.5. The fourth-order valence-electron chi connectivity index (χ4n) is 4.18. The largest absolute Gasteiger partial charge is 0.548 e. The molecule has 7 nitrogen and oxygen atoms in total.